The number of nitrogens with zero attached hydrogens (tertiary/aromatic N) is 1. The minimum absolute atomic E-state index is 0.129. The molecule has 2 N–H and O–H groups in total. The number of Topliss-reactive ketones (excluding diaryl/α,β-unsaturated/α-hetero) is 1. The van der Waals surface area contributed by atoms with Crippen LogP contribution in [0.5, 0.6) is 0 Å². The quantitative estimate of drug-likeness (QED) is 0.744. The number of hydroxylamine groups is 2. The van der Waals surface area contributed by atoms with Gasteiger partial charge in [0.05, 0.1) is 5.92 Å². The van der Waals surface area contributed by atoms with Crippen LogP contribution in [0.25, 0.3) is 0 Å². The molecule has 1 saturated heterocycles. The molecule has 152 valence electrons. The van der Waals surface area contributed by atoms with Gasteiger partial charge in [-0.25, -0.2) is 4.79 Å². The van der Waals surface area contributed by atoms with Crippen LogP contribution in [0.4, 0.5) is 0 Å². The molecule has 1 heterocycles. The third kappa shape index (κ3) is 13.5. The maximum Gasteiger partial charge on any atom is 0.335 e. The van der Waals surface area contributed by atoms with Gasteiger partial charge in [-0.1, -0.05) is 55.4 Å². The van der Waals surface area contributed by atoms with Gasteiger partial charge in [-0.3, -0.25) is 14.4 Å². The first-order valence-electron chi connectivity index (χ1n) is 9.15. The average molecular weight is 373 g/mol. The molecule has 0 aromatic heterocycles. The Morgan fingerprint density at radius 1 is 0.923 bits per heavy atom. The summed E-state index contributed by atoms with van der Waals surface area (Å²) in [4.78, 5) is 48.5. The van der Waals surface area contributed by atoms with Crippen LogP contribution in [0, 0.1) is 17.8 Å². The lowest BCUT2D eigenvalue weighted by Gasteiger charge is -2.13. The Morgan fingerprint density at radius 2 is 1.31 bits per heavy atom. The van der Waals surface area contributed by atoms with Gasteiger partial charge in [-0.05, 0) is 12.0 Å². The summed E-state index contributed by atoms with van der Waals surface area (Å²) in [5, 5.41) is 0.558. The van der Waals surface area contributed by atoms with Gasteiger partial charge in [-0.15, -0.1) is 5.06 Å². The summed E-state index contributed by atoms with van der Waals surface area (Å²) in [5.74, 6) is -0.694. The Hall–Kier alpha value is -1.76. The van der Waals surface area contributed by atoms with Crippen molar-refractivity contribution in [3.05, 3.63) is 0 Å². The standard InChI is InChI=1S/C8H11NO4.C8H16O.C3H9N/c1-5(2)8(12)13-9-6(10)3-4-7(9)11;1-6(2)5-8(9)7(3)4;1-3(2)4/h5H,3-4H2,1-2H3;6-7H,5H2,1-4H3;3H,4H2,1-2H3. The van der Waals surface area contributed by atoms with Crippen molar-refractivity contribution in [1.82, 2.24) is 5.06 Å². The Kier molecular flexibility index (Phi) is 13.7. The summed E-state index contributed by atoms with van der Waals surface area (Å²) in [5.41, 5.74) is 5.11. The molecule has 0 spiro atoms. The second-order valence-electron chi connectivity index (χ2n) is 7.61. The monoisotopic (exact) mass is 372 g/mol. The van der Waals surface area contributed by atoms with E-state index in [1.165, 1.54) is 0 Å². The highest BCUT2D eigenvalue weighted by Crippen LogP contribution is 2.13. The molecule has 7 nitrogen and oxygen atoms in total. The van der Waals surface area contributed by atoms with Crippen molar-refractivity contribution >= 4 is 23.6 Å². The van der Waals surface area contributed by atoms with Crippen molar-refractivity contribution in [3.63, 3.8) is 0 Å². The number of carbonyl (C=O) groups excluding carboxylic acids is 4. The minimum Gasteiger partial charge on any atom is -0.330 e. The fourth-order valence-corrected chi connectivity index (χ4v) is 1.49. The molecule has 0 bridgehead atoms. The van der Waals surface area contributed by atoms with Crippen molar-refractivity contribution in [1.29, 1.82) is 0 Å². The van der Waals surface area contributed by atoms with Gasteiger partial charge in [0.25, 0.3) is 11.8 Å². The van der Waals surface area contributed by atoms with E-state index in [4.69, 9.17) is 5.73 Å². The smallest absolute Gasteiger partial charge is 0.330 e. The Morgan fingerprint density at radius 3 is 1.54 bits per heavy atom. The number of imide groups is 1. The maximum atomic E-state index is 11.0. The van der Waals surface area contributed by atoms with Crippen molar-refractivity contribution in [2.75, 3.05) is 0 Å². The van der Waals surface area contributed by atoms with Crippen molar-refractivity contribution in [3.8, 4) is 0 Å². The molecule has 0 saturated carbocycles. The molecule has 1 aliphatic rings. The summed E-state index contributed by atoms with van der Waals surface area (Å²) < 4.78 is 0. The lowest BCUT2D eigenvalue weighted by Crippen LogP contribution is -2.33. The van der Waals surface area contributed by atoms with Crippen LogP contribution in [-0.2, 0) is 24.0 Å². The van der Waals surface area contributed by atoms with Crippen LogP contribution in [0.3, 0.4) is 0 Å². The highest BCUT2D eigenvalue weighted by Gasteiger charge is 2.33. The van der Waals surface area contributed by atoms with Crippen molar-refractivity contribution < 1.29 is 24.0 Å². The van der Waals surface area contributed by atoms with Crippen LogP contribution in [0.15, 0.2) is 0 Å². The van der Waals surface area contributed by atoms with E-state index < -0.39 is 17.8 Å². The number of rotatable bonds is 5. The largest absolute Gasteiger partial charge is 0.335 e. The summed E-state index contributed by atoms with van der Waals surface area (Å²) in [6, 6.07) is 0.333. The molecule has 0 aliphatic carbocycles. The molecule has 0 aromatic carbocycles. The van der Waals surface area contributed by atoms with Crippen LogP contribution >= 0.6 is 0 Å². The first-order valence-corrected chi connectivity index (χ1v) is 9.15. The summed E-state index contributed by atoms with van der Waals surface area (Å²) in [6.45, 7) is 15.2. The molecular weight excluding hydrogens is 336 g/mol. The van der Waals surface area contributed by atoms with Gasteiger partial charge >= 0.3 is 5.97 Å². The van der Waals surface area contributed by atoms with Crippen molar-refractivity contribution in [2.45, 2.75) is 80.7 Å². The zero-order valence-electron chi connectivity index (χ0n) is 17.5. The first-order chi connectivity index (χ1) is 11.8. The fraction of sp³-hybridized carbons (Fsp3) is 0.789. The molecule has 0 radical (unpaired) electrons. The summed E-state index contributed by atoms with van der Waals surface area (Å²) >= 11 is 0. The fourth-order valence-electron chi connectivity index (χ4n) is 1.49. The molecule has 7 heteroatoms. The molecule has 26 heavy (non-hydrogen) atoms. The minimum atomic E-state index is -0.566. The van der Waals surface area contributed by atoms with Crippen LogP contribution in [-0.4, -0.2) is 34.7 Å². The van der Waals surface area contributed by atoms with Crippen LogP contribution < -0.4 is 5.73 Å². The van der Waals surface area contributed by atoms with E-state index in [0.717, 1.165) is 6.42 Å². The molecule has 1 fully saturated rings. The second-order valence-corrected chi connectivity index (χ2v) is 7.61. The third-order valence-electron chi connectivity index (χ3n) is 2.91. The number of hydrogen-bond donors (Lipinski definition) is 1. The Labute approximate surface area is 157 Å². The lowest BCUT2D eigenvalue weighted by atomic mass is 9.99. The predicted molar refractivity (Wildman–Crippen MR) is 101 cm³/mol. The Bertz CT molecular complexity index is 452. The van der Waals surface area contributed by atoms with Gasteiger partial charge in [-0.2, -0.15) is 0 Å². The molecule has 2 amide bonds. The lowest BCUT2D eigenvalue weighted by molar-refractivity contribution is -0.199. The van der Waals surface area contributed by atoms with E-state index >= 15 is 0 Å². The number of carbonyl (C=O) groups is 4. The molecule has 0 unspecified atom stereocenters. The third-order valence-corrected chi connectivity index (χ3v) is 2.91. The van der Waals surface area contributed by atoms with E-state index in [0.29, 0.717) is 22.8 Å². The number of ketones is 1. The highest BCUT2D eigenvalue weighted by atomic mass is 16.7. The van der Waals surface area contributed by atoms with Gasteiger partial charge in [0.1, 0.15) is 5.78 Å². The Balaban J connectivity index is 0. The van der Waals surface area contributed by atoms with Crippen LogP contribution in [0.1, 0.15) is 74.7 Å². The van der Waals surface area contributed by atoms with Crippen LogP contribution in [0.2, 0.25) is 0 Å². The van der Waals surface area contributed by atoms with Gasteiger partial charge in [0.2, 0.25) is 0 Å². The molecule has 1 aliphatic heterocycles. The molecule has 0 atom stereocenters. The summed E-state index contributed by atoms with van der Waals surface area (Å²) in [6.07, 6.45) is 0.992. The normalized spacial score (nSPS) is 13.7. The highest BCUT2D eigenvalue weighted by molar-refractivity contribution is 6.01. The van der Waals surface area contributed by atoms with Gasteiger partial charge in [0.15, 0.2) is 0 Å². The van der Waals surface area contributed by atoms with Crippen molar-refractivity contribution in [2.24, 2.45) is 23.5 Å². The molecule has 1 rings (SSSR count). The van der Waals surface area contributed by atoms with Gasteiger partial charge in [0, 0.05) is 25.2 Å². The van der Waals surface area contributed by atoms with E-state index in [1.807, 2.05) is 27.7 Å². The predicted octanol–water partition coefficient (Wildman–Crippen LogP) is 2.86. The summed E-state index contributed by atoms with van der Waals surface area (Å²) in [7, 11) is 0. The van der Waals surface area contributed by atoms with E-state index in [1.54, 1.807) is 13.8 Å². The number of hydrogen-bond acceptors (Lipinski definition) is 6. The first kappa shape index (κ1) is 26.5. The van der Waals surface area contributed by atoms with E-state index in [-0.39, 0.29) is 24.7 Å². The number of amides is 2. The number of nitrogens with two attached hydrogens (primary N) is 1. The second kappa shape index (κ2) is 13.4. The molecule has 0 aromatic rings. The topological polar surface area (TPSA) is 107 Å². The zero-order chi connectivity index (χ0) is 21.0. The zero-order valence-corrected chi connectivity index (χ0v) is 17.5. The maximum absolute atomic E-state index is 11.0. The molecular formula is C19H36N2O5. The average Bonchev–Trinajstić information content (AvgIpc) is 2.78. The SMILES string of the molecule is CC(C)C(=O)ON1C(=O)CCC1=O.CC(C)CC(=O)C(C)C.CC(C)N. The van der Waals surface area contributed by atoms with E-state index in [9.17, 15) is 19.2 Å². The van der Waals surface area contributed by atoms with Gasteiger partial charge < -0.3 is 10.6 Å². The van der Waals surface area contributed by atoms with E-state index in [2.05, 4.69) is 18.7 Å².